The lowest BCUT2D eigenvalue weighted by molar-refractivity contribution is 0.0503. The number of fused-ring (bicyclic) bond motifs is 5. The van der Waals surface area contributed by atoms with Gasteiger partial charge in [-0.3, -0.25) is 0 Å². The van der Waals surface area contributed by atoms with Crippen molar-refractivity contribution in [2.24, 2.45) is 0 Å². The van der Waals surface area contributed by atoms with Gasteiger partial charge in [-0.05, 0) is 86.3 Å². The summed E-state index contributed by atoms with van der Waals surface area (Å²) in [7, 11) is 0. The normalized spacial score (nSPS) is 12.0. The number of hydrogen-bond donors (Lipinski definition) is 0. The minimum Gasteiger partial charge on any atom is -0.492 e. The van der Waals surface area contributed by atoms with E-state index in [1.807, 2.05) is 34.0 Å². The molecule has 7 aromatic rings. The Hall–Kier alpha value is -3.17. The van der Waals surface area contributed by atoms with E-state index in [1.54, 1.807) is 11.3 Å². The zero-order valence-corrected chi connectivity index (χ0v) is 45.1. The second-order valence-corrected chi connectivity index (χ2v) is 24.0. The Labute approximate surface area is 419 Å². The predicted octanol–water partition coefficient (Wildman–Crippen LogP) is 21.1. The van der Waals surface area contributed by atoms with E-state index in [0.717, 1.165) is 64.1 Å². The highest BCUT2D eigenvalue weighted by molar-refractivity contribution is 7.30. The van der Waals surface area contributed by atoms with Crippen LogP contribution in [-0.4, -0.2) is 25.8 Å². The third-order valence-corrected chi connectivity index (χ3v) is 18.4. The molecule has 4 nitrogen and oxygen atoms in total. The lowest BCUT2D eigenvalue weighted by Crippen LogP contribution is -2.04. The highest BCUT2D eigenvalue weighted by Gasteiger charge is 2.23. The molecule has 4 heterocycles. The largest absolute Gasteiger partial charge is 0.492 e. The molecule has 0 aliphatic heterocycles. The Morgan fingerprint density at radius 1 is 0.433 bits per heavy atom. The number of carbonyl (C=O) groups excluding carboxylic acids is 1. The average molecular weight is 982 g/mol. The number of rotatable bonds is 33. The van der Waals surface area contributed by atoms with Crippen molar-refractivity contribution >= 4 is 103 Å². The highest BCUT2D eigenvalue weighted by atomic mass is 32.1. The molecule has 364 valence electrons. The third-order valence-electron chi connectivity index (χ3n) is 13.6. The van der Waals surface area contributed by atoms with Crippen LogP contribution in [0.1, 0.15) is 207 Å². The van der Waals surface area contributed by atoms with E-state index in [2.05, 4.69) is 77.1 Å². The van der Waals surface area contributed by atoms with Crippen LogP contribution in [0.25, 0.3) is 61.6 Å². The molecule has 0 radical (unpaired) electrons. The van der Waals surface area contributed by atoms with Crippen molar-refractivity contribution in [1.82, 2.24) is 0 Å². The van der Waals surface area contributed by atoms with Crippen LogP contribution in [0.3, 0.4) is 0 Å². The van der Waals surface area contributed by atoms with Crippen molar-refractivity contribution in [3.63, 3.8) is 0 Å². The fourth-order valence-corrected chi connectivity index (χ4v) is 14.2. The topological polar surface area (TPSA) is 44.8 Å². The standard InChI is InChI=1S/C59H80O4S4/c1-6-9-12-15-18-20-22-24-27-29-32-61-55-46-36-44-35-42(4)64-51(44)39-48(46)56(62-33-30-28-25-23-21-19-16-13-10-7-2)47-37-45-38-53(66-52(45)40-49(47)55)58-50-41-54(67-57(50)43(5)65-58)59(60)63-34-31-26-17-14-11-8-3/h35-41H,6-34H2,1-5H3. The Kier molecular flexibility index (Phi) is 21.0. The summed E-state index contributed by atoms with van der Waals surface area (Å²) in [5.74, 6) is 1.79. The van der Waals surface area contributed by atoms with E-state index in [-0.39, 0.29) is 5.97 Å². The quantitative estimate of drug-likeness (QED) is 0.0234. The van der Waals surface area contributed by atoms with Crippen LogP contribution in [0.15, 0.2) is 42.5 Å². The summed E-state index contributed by atoms with van der Waals surface area (Å²) in [4.78, 5) is 19.0. The van der Waals surface area contributed by atoms with Crippen molar-refractivity contribution in [2.45, 2.75) is 202 Å². The maximum atomic E-state index is 13.3. The van der Waals surface area contributed by atoms with E-state index in [4.69, 9.17) is 14.2 Å². The van der Waals surface area contributed by atoms with Gasteiger partial charge in [-0.1, -0.05) is 168 Å². The second-order valence-electron chi connectivity index (χ2n) is 19.3. The summed E-state index contributed by atoms with van der Waals surface area (Å²) >= 11 is 7.13. The van der Waals surface area contributed by atoms with Crippen molar-refractivity contribution in [3.8, 4) is 21.3 Å². The van der Waals surface area contributed by atoms with Crippen LogP contribution in [0, 0.1) is 13.8 Å². The number of esters is 1. The van der Waals surface area contributed by atoms with Crippen LogP contribution in [0.2, 0.25) is 0 Å². The number of thiophene rings is 4. The lowest BCUT2D eigenvalue weighted by Gasteiger charge is -2.19. The minimum atomic E-state index is -0.189. The molecule has 0 fully saturated rings. The number of benzene rings is 3. The Balaban J connectivity index is 1.16. The predicted molar refractivity (Wildman–Crippen MR) is 299 cm³/mol. The first-order valence-corrected chi connectivity index (χ1v) is 30.0. The molecule has 0 bridgehead atoms. The Morgan fingerprint density at radius 3 is 1.37 bits per heavy atom. The molecule has 0 aliphatic rings. The zero-order valence-electron chi connectivity index (χ0n) is 41.8. The van der Waals surface area contributed by atoms with Gasteiger partial charge < -0.3 is 14.2 Å². The highest BCUT2D eigenvalue weighted by Crippen LogP contribution is 2.50. The van der Waals surface area contributed by atoms with Crippen molar-refractivity contribution in [3.05, 3.63) is 57.1 Å². The van der Waals surface area contributed by atoms with Crippen LogP contribution in [0.5, 0.6) is 11.5 Å². The molecule has 4 aromatic heterocycles. The monoisotopic (exact) mass is 980 g/mol. The summed E-state index contributed by atoms with van der Waals surface area (Å²) in [6, 6.07) is 16.3. The average Bonchev–Trinajstić information content (AvgIpc) is 4.11. The summed E-state index contributed by atoms with van der Waals surface area (Å²) in [5, 5.41) is 8.26. The number of ether oxygens (including phenoxy) is 3. The maximum absolute atomic E-state index is 13.3. The van der Waals surface area contributed by atoms with Gasteiger partial charge in [0.15, 0.2) is 0 Å². The molecule has 7 rings (SSSR count). The number of aryl methyl sites for hydroxylation is 2. The fraction of sp³-hybridized carbons (Fsp3) is 0.576. The summed E-state index contributed by atoms with van der Waals surface area (Å²) in [5.41, 5.74) is 0. The molecule has 0 aliphatic carbocycles. The third kappa shape index (κ3) is 14.2. The molecule has 0 unspecified atom stereocenters. The minimum absolute atomic E-state index is 0.189. The second kappa shape index (κ2) is 27.3. The molecule has 0 N–H and O–H groups in total. The van der Waals surface area contributed by atoms with Gasteiger partial charge in [0.1, 0.15) is 16.4 Å². The van der Waals surface area contributed by atoms with Gasteiger partial charge in [0.25, 0.3) is 0 Å². The van der Waals surface area contributed by atoms with E-state index >= 15 is 0 Å². The first-order valence-electron chi connectivity index (χ1n) is 26.7. The molecule has 3 aromatic carbocycles. The van der Waals surface area contributed by atoms with Crippen molar-refractivity contribution in [2.75, 3.05) is 19.8 Å². The van der Waals surface area contributed by atoms with Gasteiger partial charge in [-0.2, -0.15) is 0 Å². The molecule has 8 heteroatoms. The lowest BCUT2D eigenvalue weighted by atomic mass is 9.98. The molecular formula is C59H80O4S4. The van der Waals surface area contributed by atoms with E-state index in [0.29, 0.717) is 24.7 Å². The molecule has 0 spiro atoms. The summed E-state index contributed by atoms with van der Waals surface area (Å²) in [6.07, 6.45) is 33.1. The maximum Gasteiger partial charge on any atom is 0.348 e. The first-order chi connectivity index (χ1) is 32.9. The summed E-state index contributed by atoms with van der Waals surface area (Å²) < 4.78 is 23.6. The van der Waals surface area contributed by atoms with Gasteiger partial charge >= 0.3 is 5.97 Å². The van der Waals surface area contributed by atoms with Crippen molar-refractivity contribution in [1.29, 1.82) is 0 Å². The van der Waals surface area contributed by atoms with Crippen LogP contribution >= 0.6 is 45.3 Å². The number of hydrogen-bond acceptors (Lipinski definition) is 8. The van der Waals surface area contributed by atoms with Crippen molar-refractivity contribution < 1.29 is 19.0 Å². The van der Waals surface area contributed by atoms with Gasteiger partial charge in [0.05, 0.1) is 24.7 Å². The molecule has 0 atom stereocenters. The number of unbranched alkanes of at least 4 members (excludes halogenated alkanes) is 23. The smallest absolute Gasteiger partial charge is 0.348 e. The molecule has 0 saturated heterocycles. The molecular weight excluding hydrogens is 901 g/mol. The SMILES string of the molecule is CCCCCCCCCCCCOc1c2cc3cc(-c4sc(C)c5sc(C(=O)OCCCCCCCC)cc45)sc3cc2c(OCCCCCCCCCCCC)c2cc3cc(C)sc3cc12. The van der Waals surface area contributed by atoms with E-state index in [9.17, 15) is 4.79 Å². The van der Waals surface area contributed by atoms with Gasteiger partial charge in [0.2, 0.25) is 0 Å². The number of carbonyl (C=O) groups is 1. The summed E-state index contributed by atoms with van der Waals surface area (Å²) in [6.45, 7) is 13.1. The zero-order chi connectivity index (χ0) is 46.8. The van der Waals surface area contributed by atoms with Crippen LogP contribution in [0.4, 0.5) is 0 Å². The van der Waals surface area contributed by atoms with Crippen LogP contribution < -0.4 is 9.47 Å². The van der Waals surface area contributed by atoms with E-state index < -0.39 is 0 Å². The van der Waals surface area contributed by atoms with Crippen LogP contribution in [-0.2, 0) is 4.74 Å². The van der Waals surface area contributed by atoms with Gasteiger partial charge in [-0.15, -0.1) is 45.3 Å². The van der Waals surface area contributed by atoms with E-state index in [1.165, 1.54) is 186 Å². The molecule has 0 saturated carbocycles. The van der Waals surface area contributed by atoms with Gasteiger partial charge in [-0.25, -0.2) is 4.79 Å². The Morgan fingerprint density at radius 2 is 0.866 bits per heavy atom. The first kappa shape index (κ1) is 51.7. The Bertz CT molecular complexity index is 2480. The molecule has 67 heavy (non-hydrogen) atoms. The fourth-order valence-electron chi connectivity index (χ4n) is 9.78. The van der Waals surface area contributed by atoms with Gasteiger partial charge in [0, 0.05) is 55.7 Å². The molecule has 0 amide bonds.